The number of nitro benzene ring substituents is 1. The van der Waals surface area contributed by atoms with E-state index in [1.165, 1.54) is 16.4 Å². The highest BCUT2D eigenvalue weighted by Crippen LogP contribution is 2.29. The van der Waals surface area contributed by atoms with Gasteiger partial charge in [0.2, 0.25) is 10.0 Å². The number of rotatable bonds is 5. The van der Waals surface area contributed by atoms with Crippen molar-refractivity contribution in [3.63, 3.8) is 0 Å². The summed E-state index contributed by atoms with van der Waals surface area (Å²) in [6.45, 7) is 6.47. The second-order valence-electron chi connectivity index (χ2n) is 6.49. The minimum absolute atomic E-state index is 0.0742. The van der Waals surface area contributed by atoms with Gasteiger partial charge in [0.05, 0.1) is 9.82 Å². The van der Waals surface area contributed by atoms with Crippen LogP contribution < -0.4 is 5.32 Å². The Morgan fingerprint density at radius 1 is 1.28 bits per heavy atom. The van der Waals surface area contributed by atoms with E-state index in [4.69, 9.17) is 0 Å². The Balaban J connectivity index is 1.84. The summed E-state index contributed by atoms with van der Waals surface area (Å²) in [5.41, 5.74) is 0.435. The van der Waals surface area contributed by atoms with E-state index >= 15 is 0 Å². The molecule has 1 aromatic rings. The molecule has 1 atom stereocenters. The first kappa shape index (κ1) is 18.2. The van der Waals surface area contributed by atoms with Crippen molar-refractivity contribution in [1.29, 1.82) is 0 Å². The van der Waals surface area contributed by atoms with E-state index in [-0.39, 0.29) is 16.6 Å². The standard InChI is InChI=1S/C16H24N4O4S/c1-2-13-3-4-14(20(21)22)11-16(13)25(23,24)19-8-5-15(12-19)18-9-6-17-7-10-18/h3-4,11,15,17H,2,5-10,12H2,1H3. The van der Waals surface area contributed by atoms with E-state index in [0.29, 0.717) is 25.1 Å². The molecule has 2 heterocycles. The molecule has 3 rings (SSSR count). The Kier molecular flexibility index (Phi) is 5.38. The maximum Gasteiger partial charge on any atom is 0.270 e. The average molecular weight is 368 g/mol. The van der Waals surface area contributed by atoms with Crippen molar-refractivity contribution in [1.82, 2.24) is 14.5 Å². The number of hydrogen-bond acceptors (Lipinski definition) is 6. The van der Waals surface area contributed by atoms with Crippen molar-refractivity contribution >= 4 is 15.7 Å². The van der Waals surface area contributed by atoms with Gasteiger partial charge in [-0.3, -0.25) is 15.0 Å². The highest BCUT2D eigenvalue weighted by molar-refractivity contribution is 7.89. The quantitative estimate of drug-likeness (QED) is 0.611. The summed E-state index contributed by atoms with van der Waals surface area (Å²) in [5.74, 6) is 0. The van der Waals surface area contributed by atoms with E-state index in [1.807, 2.05) is 6.92 Å². The first-order valence-electron chi connectivity index (χ1n) is 8.65. The zero-order valence-corrected chi connectivity index (χ0v) is 15.2. The third-order valence-electron chi connectivity index (χ3n) is 5.05. The second-order valence-corrected chi connectivity index (χ2v) is 8.40. The van der Waals surface area contributed by atoms with Crippen molar-refractivity contribution in [3.8, 4) is 0 Å². The van der Waals surface area contributed by atoms with Crippen LogP contribution >= 0.6 is 0 Å². The van der Waals surface area contributed by atoms with Crippen LogP contribution in [0.1, 0.15) is 18.9 Å². The Hall–Kier alpha value is -1.55. The number of hydrogen-bond donors (Lipinski definition) is 1. The van der Waals surface area contributed by atoms with Gasteiger partial charge in [-0.2, -0.15) is 4.31 Å². The van der Waals surface area contributed by atoms with E-state index in [0.717, 1.165) is 32.6 Å². The van der Waals surface area contributed by atoms with Gasteiger partial charge in [0.25, 0.3) is 5.69 Å². The molecule has 1 aromatic carbocycles. The smallest absolute Gasteiger partial charge is 0.270 e. The maximum absolute atomic E-state index is 13.1. The molecule has 0 aliphatic carbocycles. The Bertz CT molecular complexity index is 747. The van der Waals surface area contributed by atoms with Crippen LogP contribution in [-0.4, -0.2) is 67.9 Å². The molecule has 0 aromatic heterocycles. The lowest BCUT2D eigenvalue weighted by Gasteiger charge is -2.32. The molecule has 8 nitrogen and oxygen atoms in total. The normalized spacial score (nSPS) is 23.0. The molecule has 0 radical (unpaired) electrons. The summed E-state index contributed by atoms with van der Waals surface area (Å²) in [6.07, 6.45) is 1.32. The molecule has 2 fully saturated rings. The predicted octanol–water partition coefficient (Wildman–Crippen LogP) is 0.825. The molecule has 2 aliphatic rings. The van der Waals surface area contributed by atoms with Crippen LogP contribution in [0.4, 0.5) is 5.69 Å². The molecule has 1 N–H and O–H groups in total. The Morgan fingerprint density at radius 2 is 2.00 bits per heavy atom. The number of nitrogens with one attached hydrogen (secondary N) is 1. The Labute approximate surface area is 148 Å². The van der Waals surface area contributed by atoms with Crippen LogP contribution in [0, 0.1) is 10.1 Å². The minimum atomic E-state index is -3.72. The van der Waals surface area contributed by atoms with E-state index < -0.39 is 14.9 Å². The summed E-state index contributed by atoms with van der Waals surface area (Å²) in [7, 11) is -3.72. The highest BCUT2D eigenvalue weighted by Gasteiger charge is 2.36. The molecule has 0 amide bonds. The van der Waals surface area contributed by atoms with Crippen LogP contribution in [0.5, 0.6) is 0 Å². The first-order valence-corrected chi connectivity index (χ1v) is 10.1. The van der Waals surface area contributed by atoms with Crippen molar-refractivity contribution in [2.45, 2.75) is 30.7 Å². The summed E-state index contributed by atoms with van der Waals surface area (Å²) in [5, 5.41) is 14.3. The molecule has 0 bridgehead atoms. The first-order chi connectivity index (χ1) is 11.9. The topological polar surface area (TPSA) is 95.8 Å². The Morgan fingerprint density at radius 3 is 2.64 bits per heavy atom. The summed E-state index contributed by atoms with van der Waals surface area (Å²) in [6, 6.07) is 4.34. The largest absolute Gasteiger partial charge is 0.314 e. The van der Waals surface area contributed by atoms with Gasteiger partial charge in [0, 0.05) is 57.4 Å². The number of aryl methyl sites for hydroxylation is 1. The highest BCUT2D eigenvalue weighted by atomic mass is 32.2. The monoisotopic (exact) mass is 368 g/mol. The fraction of sp³-hybridized carbons (Fsp3) is 0.625. The number of non-ortho nitro benzene ring substituents is 1. The third-order valence-corrected chi connectivity index (χ3v) is 7.00. The van der Waals surface area contributed by atoms with Crippen LogP contribution in [0.2, 0.25) is 0 Å². The van der Waals surface area contributed by atoms with E-state index in [2.05, 4.69) is 10.2 Å². The fourth-order valence-corrected chi connectivity index (χ4v) is 5.41. The van der Waals surface area contributed by atoms with Crippen molar-refractivity contribution in [2.24, 2.45) is 0 Å². The van der Waals surface area contributed by atoms with Gasteiger partial charge in [0.1, 0.15) is 0 Å². The molecular weight excluding hydrogens is 344 g/mol. The van der Waals surface area contributed by atoms with E-state index in [9.17, 15) is 18.5 Å². The summed E-state index contributed by atoms with van der Waals surface area (Å²) < 4.78 is 27.7. The van der Waals surface area contributed by atoms with Crippen molar-refractivity contribution in [2.75, 3.05) is 39.3 Å². The van der Waals surface area contributed by atoms with Gasteiger partial charge in [0.15, 0.2) is 0 Å². The molecule has 1 unspecified atom stereocenters. The van der Waals surface area contributed by atoms with Gasteiger partial charge in [-0.15, -0.1) is 0 Å². The molecule has 138 valence electrons. The predicted molar refractivity (Wildman–Crippen MR) is 94.1 cm³/mol. The van der Waals surface area contributed by atoms with Crippen LogP contribution in [0.3, 0.4) is 0 Å². The maximum atomic E-state index is 13.1. The van der Waals surface area contributed by atoms with Crippen LogP contribution in [0.15, 0.2) is 23.1 Å². The number of piperazine rings is 1. The van der Waals surface area contributed by atoms with Gasteiger partial charge >= 0.3 is 0 Å². The average Bonchev–Trinajstić information content (AvgIpc) is 3.13. The lowest BCUT2D eigenvalue weighted by atomic mass is 10.1. The van der Waals surface area contributed by atoms with Crippen LogP contribution in [-0.2, 0) is 16.4 Å². The molecule has 0 saturated carbocycles. The lowest BCUT2D eigenvalue weighted by molar-refractivity contribution is -0.385. The molecule has 0 spiro atoms. The summed E-state index contributed by atoms with van der Waals surface area (Å²) >= 11 is 0. The van der Waals surface area contributed by atoms with Crippen molar-refractivity contribution < 1.29 is 13.3 Å². The number of nitrogens with zero attached hydrogens (tertiary/aromatic N) is 3. The molecular formula is C16H24N4O4S. The fourth-order valence-electron chi connectivity index (χ4n) is 3.60. The zero-order chi connectivity index (χ0) is 18.0. The zero-order valence-electron chi connectivity index (χ0n) is 14.3. The molecule has 25 heavy (non-hydrogen) atoms. The second kappa shape index (κ2) is 7.36. The minimum Gasteiger partial charge on any atom is -0.314 e. The van der Waals surface area contributed by atoms with Gasteiger partial charge in [-0.25, -0.2) is 8.42 Å². The summed E-state index contributed by atoms with van der Waals surface area (Å²) in [4.78, 5) is 12.9. The van der Waals surface area contributed by atoms with Crippen molar-refractivity contribution in [3.05, 3.63) is 33.9 Å². The van der Waals surface area contributed by atoms with Crippen LogP contribution in [0.25, 0.3) is 0 Å². The number of nitro groups is 1. The SMILES string of the molecule is CCc1ccc([N+](=O)[O-])cc1S(=O)(=O)N1CCC(N2CCNCC2)C1. The van der Waals surface area contributed by atoms with Gasteiger partial charge in [-0.1, -0.05) is 13.0 Å². The number of benzene rings is 1. The molecule has 2 saturated heterocycles. The van der Waals surface area contributed by atoms with Gasteiger partial charge in [-0.05, 0) is 18.4 Å². The number of sulfonamides is 1. The lowest BCUT2D eigenvalue weighted by Crippen LogP contribution is -2.49. The third kappa shape index (κ3) is 3.69. The molecule has 9 heteroatoms. The molecule has 2 aliphatic heterocycles. The van der Waals surface area contributed by atoms with E-state index in [1.54, 1.807) is 6.07 Å². The van der Waals surface area contributed by atoms with Gasteiger partial charge < -0.3 is 5.32 Å².